The van der Waals surface area contributed by atoms with E-state index in [2.05, 4.69) is 15.3 Å². The van der Waals surface area contributed by atoms with Crippen molar-refractivity contribution >= 4 is 5.91 Å². The Kier molecular flexibility index (Phi) is 5.59. The van der Waals surface area contributed by atoms with Crippen LogP contribution in [0.3, 0.4) is 0 Å². The van der Waals surface area contributed by atoms with Crippen LogP contribution in [0.5, 0.6) is 11.6 Å². The number of ether oxygens (including phenoxy) is 1. The lowest BCUT2D eigenvalue weighted by Gasteiger charge is -2.12. The molecule has 0 radical (unpaired) electrons. The van der Waals surface area contributed by atoms with Crippen LogP contribution in [-0.2, 0) is 0 Å². The van der Waals surface area contributed by atoms with E-state index in [1.54, 1.807) is 0 Å². The van der Waals surface area contributed by atoms with Gasteiger partial charge in [-0.25, -0.2) is 4.98 Å². The Balaban J connectivity index is 1.96. The number of benzene rings is 2. The SMILES string of the molecule is CC(C)CNC(=O)c1cnc(-c2ccccc2)nc1Oc1ccccc1. The van der Waals surface area contributed by atoms with Crippen molar-refractivity contribution in [1.29, 1.82) is 0 Å². The summed E-state index contributed by atoms with van der Waals surface area (Å²) in [6.45, 7) is 4.65. The fourth-order valence-electron chi connectivity index (χ4n) is 2.32. The number of nitrogens with zero attached hydrogens (tertiary/aromatic N) is 2. The van der Waals surface area contributed by atoms with Crippen molar-refractivity contribution in [1.82, 2.24) is 15.3 Å². The van der Waals surface area contributed by atoms with E-state index in [0.29, 0.717) is 29.6 Å². The second-order valence-electron chi connectivity index (χ2n) is 6.30. The molecule has 1 amide bonds. The van der Waals surface area contributed by atoms with Gasteiger partial charge in [0.1, 0.15) is 11.3 Å². The number of carbonyl (C=O) groups excluding carboxylic acids is 1. The highest BCUT2D eigenvalue weighted by atomic mass is 16.5. The first kappa shape index (κ1) is 17.6. The Morgan fingerprint density at radius 3 is 2.35 bits per heavy atom. The number of aromatic nitrogens is 2. The van der Waals surface area contributed by atoms with Crippen molar-refractivity contribution in [3.8, 4) is 23.0 Å². The van der Waals surface area contributed by atoms with Gasteiger partial charge in [0.05, 0.1) is 0 Å². The summed E-state index contributed by atoms with van der Waals surface area (Å²) in [4.78, 5) is 21.4. The average Bonchev–Trinajstić information content (AvgIpc) is 2.67. The predicted octanol–water partition coefficient (Wildman–Crippen LogP) is 4.32. The van der Waals surface area contributed by atoms with Crippen molar-refractivity contribution in [2.24, 2.45) is 5.92 Å². The minimum atomic E-state index is -0.246. The molecule has 0 bridgehead atoms. The van der Waals surface area contributed by atoms with Gasteiger partial charge in [0.25, 0.3) is 5.91 Å². The van der Waals surface area contributed by atoms with Gasteiger partial charge in [-0.3, -0.25) is 4.79 Å². The summed E-state index contributed by atoms with van der Waals surface area (Å²) in [7, 11) is 0. The van der Waals surface area contributed by atoms with Crippen molar-refractivity contribution in [2.45, 2.75) is 13.8 Å². The topological polar surface area (TPSA) is 64.1 Å². The molecule has 5 heteroatoms. The molecule has 5 nitrogen and oxygen atoms in total. The van der Waals surface area contributed by atoms with Crippen LogP contribution < -0.4 is 10.1 Å². The van der Waals surface area contributed by atoms with E-state index < -0.39 is 0 Å². The highest BCUT2D eigenvalue weighted by Crippen LogP contribution is 2.25. The van der Waals surface area contributed by atoms with Gasteiger partial charge >= 0.3 is 0 Å². The van der Waals surface area contributed by atoms with E-state index in [-0.39, 0.29) is 11.8 Å². The van der Waals surface area contributed by atoms with E-state index >= 15 is 0 Å². The van der Waals surface area contributed by atoms with E-state index in [1.165, 1.54) is 6.20 Å². The lowest BCUT2D eigenvalue weighted by Crippen LogP contribution is -2.28. The highest BCUT2D eigenvalue weighted by molar-refractivity contribution is 5.96. The third-order valence-corrected chi connectivity index (χ3v) is 3.66. The minimum Gasteiger partial charge on any atom is -0.438 e. The second kappa shape index (κ2) is 8.25. The maximum atomic E-state index is 12.5. The van der Waals surface area contributed by atoms with Gasteiger partial charge in [-0.1, -0.05) is 62.4 Å². The summed E-state index contributed by atoms with van der Waals surface area (Å²) in [6.07, 6.45) is 1.52. The summed E-state index contributed by atoms with van der Waals surface area (Å²) < 4.78 is 5.89. The standard InChI is InChI=1S/C21H21N3O2/c1-15(2)13-23-20(25)18-14-22-19(16-9-5-3-6-10-16)24-21(18)26-17-11-7-4-8-12-17/h3-12,14-15H,13H2,1-2H3,(H,23,25). The first-order chi connectivity index (χ1) is 12.6. The number of amides is 1. The Labute approximate surface area is 153 Å². The monoisotopic (exact) mass is 347 g/mol. The van der Waals surface area contributed by atoms with Crippen LogP contribution in [0.2, 0.25) is 0 Å². The van der Waals surface area contributed by atoms with Crippen LogP contribution >= 0.6 is 0 Å². The Bertz CT molecular complexity index is 865. The Morgan fingerprint density at radius 2 is 1.69 bits per heavy atom. The minimum absolute atomic E-state index is 0.242. The molecule has 26 heavy (non-hydrogen) atoms. The van der Waals surface area contributed by atoms with Gasteiger partial charge in [-0.05, 0) is 18.1 Å². The second-order valence-corrected chi connectivity index (χ2v) is 6.30. The molecule has 132 valence electrons. The van der Waals surface area contributed by atoms with Crippen LogP contribution in [0.25, 0.3) is 11.4 Å². The maximum Gasteiger partial charge on any atom is 0.258 e. The first-order valence-corrected chi connectivity index (χ1v) is 8.57. The average molecular weight is 347 g/mol. The number of carbonyl (C=O) groups is 1. The Morgan fingerprint density at radius 1 is 1.04 bits per heavy atom. The van der Waals surface area contributed by atoms with Gasteiger partial charge < -0.3 is 10.1 Å². The van der Waals surface area contributed by atoms with E-state index in [1.807, 2.05) is 74.5 Å². The third kappa shape index (κ3) is 4.45. The molecule has 0 fully saturated rings. The zero-order valence-electron chi connectivity index (χ0n) is 14.8. The molecule has 0 aliphatic carbocycles. The predicted molar refractivity (Wildman–Crippen MR) is 101 cm³/mol. The molecule has 0 aliphatic heterocycles. The van der Waals surface area contributed by atoms with Crippen LogP contribution in [0.15, 0.2) is 66.9 Å². The first-order valence-electron chi connectivity index (χ1n) is 8.57. The van der Waals surface area contributed by atoms with E-state index in [0.717, 1.165) is 5.56 Å². The van der Waals surface area contributed by atoms with Crippen molar-refractivity contribution in [3.63, 3.8) is 0 Å². The van der Waals surface area contributed by atoms with E-state index in [9.17, 15) is 4.79 Å². The molecule has 0 saturated heterocycles. The van der Waals surface area contributed by atoms with Crippen molar-refractivity contribution in [2.75, 3.05) is 6.54 Å². The van der Waals surface area contributed by atoms with Gasteiger partial charge in [-0.2, -0.15) is 4.98 Å². The number of hydrogen-bond acceptors (Lipinski definition) is 4. The molecular formula is C21H21N3O2. The molecule has 1 aromatic heterocycles. The molecular weight excluding hydrogens is 326 g/mol. The molecule has 0 saturated carbocycles. The molecule has 3 aromatic rings. The molecule has 2 aromatic carbocycles. The summed E-state index contributed by atoms with van der Waals surface area (Å²) in [5, 5.41) is 2.88. The lowest BCUT2D eigenvalue weighted by atomic mass is 10.2. The van der Waals surface area contributed by atoms with Crippen molar-refractivity contribution < 1.29 is 9.53 Å². The normalized spacial score (nSPS) is 10.6. The molecule has 0 unspecified atom stereocenters. The third-order valence-electron chi connectivity index (χ3n) is 3.66. The summed E-state index contributed by atoms with van der Waals surface area (Å²) in [5.74, 6) is 1.47. The van der Waals surface area contributed by atoms with Gasteiger partial charge in [-0.15, -0.1) is 0 Å². The fraction of sp³-hybridized carbons (Fsp3) is 0.190. The zero-order chi connectivity index (χ0) is 18.4. The lowest BCUT2D eigenvalue weighted by molar-refractivity contribution is 0.0945. The quantitative estimate of drug-likeness (QED) is 0.721. The fourth-order valence-corrected chi connectivity index (χ4v) is 2.32. The molecule has 1 N–H and O–H groups in total. The largest absolute Gasteiger partial charge is 0.438 e. The summed E-state index contributed by atoms with van der Waals surface area (Å²) in [6, 6.07) is 18.9. The molecule has 0 spiro atoms. The number of nitrogens with one attached hydrogen (secondary N) is 1. The number of rotatable bonds is 6. The van der Waals surface area contributed by atoms with Gasteiger partial charge in [0, 0.05) is 18.3 Å². The van der Waals surface area contributed by atoms with E-state index in [4.69, 9.17) is 4.74 Å². The highest BCUT2D eigenvalue weighted by Gasteiger charge is 2.17. The Hall–Kier alpha value is -3.21. The zero-order valence-corrected chi connectivity index (χ0v) is 14.8. The molecule has 3 rings (SSSR count). The van der Waals surface area contributed by atoms with Crippen LogP contribution in [0, 0.1) is 5.92 Å². The number of para-hydroxylation sites is 1. The smallest absolute Gasteiger partial charge is 0.258 e. The van der Waals surface area contributed by atoms with Gasteiger partial charge in [0.15, 0.2) is 5.82 Å². The molecule has 0 aliphatic rings. The van der Waals surface area contributed by atoms with Crippen LogP contribution in [0.4, 0.5) is 0 Å². The van der Waals surface area contributed by atoms with Crippen LogP contribution in [0.1, 0.15) is 24.2 Å². The van der Waals surface area contributed by atoms with Crippen LogP contribution in [-0.4, -0.2) is 22.4 Å². The number of hydrogen-bond donors (Lipinski definition) is 1. The molecule has 0 atom stereocenters. The summed E-state index contributed by atoms with van der Waals surface area (Å²) in [5.41, 5.74) is 1.17. The summed E-state index contributed by atoms with van der Waals surface area (Å²) >= 11 is 0. The van der Waals surface area contributed by atoms with Crippen molar-refractivity contribution in [3.05, 3.63) is 72.4 Å². The maximum absolute atomic E-state index is 12.5. The van der Waals surface area contributed by atoms with Gasteiger partial charge in [0.2, 0.25) is 5.88 Å². The molecule has 1 heterocycles.